The molecule has 0 bridgehead atoms. The molecule has 342 valence electrons. The maximum Gasteiger partial charge on any atom is 0.481 e. The fraction of sp³-hybridized carbons (Fsp3) is 0.742. The van der Waals surface area contributed by atoms with E-state index in [1.54, 1.807) is 0 Å². The van der Waals surface area contributed by atoms with E-state index >= 15 is 0 Å². The second-order valence-electron chi connectivity index (χ2n) is 14.5. The van der Waals surface area contributed by atoms with Crippen molar-refractivity contribution in [1.29, 1.82) is 0 Å². The maximum atomic E-state index is 12.7. The van der Waals surface area contributed by atoms with E-state index in [0.717, 1.165) is 61.1 Å². The number of ether oxygens (including phenoxy) is 1. The lowest BCUT2D eigenvalue weighted by Gasteiger charge is -2.30. The van der Waals surface area contributed by atoms with Crippen LogP contribution in [0.5, 0.6) is 0 Å². The number of carbonyl (C=O) groups is 3. The minimum Gasteiger partial charge on any atom is -0.386 e. The zero-order valence-electron chi connectivity index (χ0n) is 33.2. The molecule has 0 radical (unpaired) electrons. The lowest BCUT2D eigenvalue weighted by atomic mass is 9.87. The smallest absolute Gasteiger partial charge is 0.386 e. The van der Waals surface area contributed by atoms with Crippen LogP contribution < -0.4 is 16.4 Å². The molecule has 1 saturated heterocycles. The quantitative estimate of drug-likeness (QED) is 0.0457. The van der Waals surface area contributed by atoms with Crippen LogP contribution in [0.25, 0.3) is 11.2 Å². The standard InChI is InChI=1S/C31H54N7O18P3S/c1-5-6-7-8-9-18(2)22(40)30(44)60-13-12-33-20(39)10-11-34-28(43)25(42)31(3,4)15-53-59(50,51)56-58(48,49)52-14-19-24(55-57(45,46)47)23(41)29(54-19)38-17-37-21-26(32)35-16-36-27(21)38/h16-19,22-25,29,40-42H,5-15H2,1-4H3,(H,33,39)(H,34,43)(H,48,49)(H,50,51)(H2,32,35,36)(H2,45,46,47)/t18?,19-,22?,23-,24-,25+,29-/m1/s1. The summed E-state index contributed by atoms with van der Waals surface area (Å²) in [6, 6.07) is 0. The first-order valence-electron chi connectivity index (χ1n) is 18.6. The number of fused-ring (bicyclic) bond motifs is 1. The molecule has 29 heteroatoms. The molecule has 60 heavy (non-hydrogen) atoms. The van der Waals surface area contributed by atoms with E-state index < -0.39 is 90.7 Å². The number of unbranched alkanes of at least 4 members (excludes halogenated alkanes) is 3. The normalized spacial score (nSPS) is 22.1. The molecular formula is C31H54N7O18P3S. The Morgan fingerprint density at radius 2 is 1.70 bits per heavy atom. The molecule has 3 heterocycles. The number of imidazole rings is 1. The van der Waals surface area contributed by atoms with Crippen LogP contribution in [0, 0.1) is 11.3 Å². The Kier molecular flexibility index (Phi) is 19.7. The van der Waals surface area contributed by atoms with Gasteiger partial charge in [0.1, 0.15) is 42.4 Å². The van der Waals surface area contributed by atoms with Gasteiger partial charge in [0.25, 0.3) is 0 Å². The molecule has 9 atom stereocenters. The molecule has 2 amide bonds. The van der Waals surface area contributed by atoms with Crippen molar-refractivity contribution in [3.8, 4) is 0 Å². The third kappa shape index (κ3) is 16.0. The van der Waals surface area contributed by atoms with Crippen LogP contribution in [0.3, 0.4) is 0 Å². The van der Waals surface area contributed by atoms with Gasteiger partial charge in [0.05, 0.1) is 19.5 Å². The van der Waals surface area contributed by atoms with E-state index in [0.29, 0.717) is 0 Å². The summed E-state index contributed by atoms with van der Waals surface area (Å²) in [5.41, 5.74) is 4.24. The van der Waals surface area contributed by atoms with Gasteiger partial charge in [-0.3, -0.25) is 32.5 Å². The van der Waals surface area contributed by atoms with Crippen LogP contribution in [-0.4, -0.2) is 134 Å². The number of aliphatic hydroxyl groups excluding tert-OH is 3. The number of nitrogens with one attached hydrogen (secondary N) is 2. The van der Waals surface area contributed by atoms with Crippen LogP contribution in [0.15, 0.2) is 12.7 Å². The monoisotopic (exact) mass is 937 g/mol. The van der Waals surface area contributed by atoms with E-state index in [1.165, 1.54) is 13.8 Å². The van der Waals surface area contributed by atoms with E-state index in [-0.39, 0.29) is 53.3 Å². The number of phosphoric ester groups is 3. The summed E-state index contributed by atoms with van der Waals surface area (Å²) in [5.74, 6) is -1.49. The second-order valence-corrected chi connectivity index (χ2v) is 19.8. The molecule has 2 aromatic rings. The third-order valence-electron chi connectivity index (χ3n) is 9.04. The molecule has 2 aromatic heterocycles. The summed E-state index contributed by atoms with van der Waals surface area (Å²) < 4.78 is 62.2. The molecule has 1 fully saturated rings. The number of nitrogens with zero attached hydrogens (tertiary/aromatic N) is 4. The van der Waals surface area contributed by atoms with Crippen molar-refractivity contribution >= 4 is 69.1 Å². The number of nitrogen functional groups attached to an aromatic ring is 1. The number of aliphatic hydroxyl groups is 3. The van der Waals surface area contributed by atoms with Crippen LogP contribution in [-0.2, 0) is 50.7 Å². The maximum absolute atomic E-state index is 12.7. The van der Waals surface area contributed by atoms with Gasteiger partial charge in [0.15, 0.2) is 17.7 Å². The Balaban J connectivity index is 1.44. The highest BCUT2D eigenvalue weighted by molar-refractivity contribution is 8.13. The molecule has 4 unspecified atom stereocenters. The second kappa shape index (κ2) is 22.7. The molecule has 0 aliphatic carbocycles. The number of hydrogen-bond acceptors (Lipinski definition) is 19. The Bertz CT molecular complexity index is 1910. The average molecular weight is 938 g/mol. The summed E-state index contributed by atoms with van der Waals surface area (Å²) in [6.45, 7) is 4.24. The highest BCUT2D eigenvalue weighted by Crippen LogP contribution is 2.61. The van der Waals surface area contributed by atoms with E-state index in [9.17, 15) is 63.0 Å². The molecule has 1 aliphatic heterocycles. The van der Waals surface area contributed by atoms with Gasteiger partial charge in [-0.1, -0.05) is 65.1 Å². The number of carbonyl (C=O) groups excluding carboxylic acids is 3. The highest BCUT2D eigenvalue weighted by atomic mass is 32.2. The van der Waals surface area contributed by atoms with Crippen LogP contribution in [0.2, 0.25) is 0 Å². The average Bonchev–Trinajstić information content (AvgIpc) is 3.72. The van der Waals surface area contributed by atoms with E-state index in [1.807, 2.05) is 6.92 Å². The van der Waals surface area contributed by atoms with Crippen molar-refractivity contribution in [2.24, 2.45) is 11.3 Å². The van der Waals surface area contributed by atoms with Crippen molar-refractivity contribution < 1.29 is 85.6 Å². The minimum absolute atomic E-state index is 0.0263. The summed E-state index contributed by atoms with van der Waals surface area (Å²) >= 11 is 0.900. The van der Waals surface area contributed by atoms with Gasteiger partial charge in [-0.25, -0.2) is 28.6 Å². The van der Waals surface area contributed by atoms with Gasteiger partial charge in [0.2, 0.25) is 16.9 Å². The molecular weight excluding hydrogens is 883 g/mol. The summed E-state index contributed by atoms with van der Waals surface area (Å²) in [7, 11) is -16.4. The first kappa shape index (κ1) is 51.9. The first-order chi connectivity index (χ1) is 27.9. The van der Waals surface area contributed by atoms with E-state index in [4.69, 9.17) is 19.5 Å². The zero-order chi connectivity index (χ0) is 45.1. The fourth-order valence-corrected chi connectivity index (χ4v) is 9.29. The van der Waals surface area contributed by atoms with Gasteiger partial charge < -0.3 is 56.0 Å². The summed E-state index contributed by atoms with van der Waals surface area (Å²) in [5, 5.41) is 36.3. The number of phosphoric acid groups is 3. The number of hydrogen-bond donors (Lipinski definition) is 10. The largest absolute Gasteiger partial charge is 0.481 e. The fourth-order valence-electron chi connectivity index (χ4n) is 5.65. The lowest BCUT2D eigenvalue weighted by Crippen LogP contribution is -2.46. The van der Waals surface area contributed by atoms with Crippen molar-refractivity contribution in [1.82, 2.24) is 30.2 Å². The zero-order valence-corrected chi connectivity index (χ0v) is 36.7. The van der Waals surface area contributed by atoms with Crippen molar-refractivity contribution in [3.05, 3.63) is 12.7 Å². The lowest BCUT2D eigenvalue weighted by molar-refractivity contribution is -0.137. The highest BCUT2D eigenvalue weighted by Gasteiger charge is 2.50. The van der Waals surface area contributed by atoms with Crippen molar-refractivity contribution in [3.63, 3.8) is 0 Å². The Labute approximate surface area is 348 Å². The van der Waals surface area contributed by atoms with Gasteiger partial charge in [-0.15, -0.1) is 0 Å². The van der Waals surface area contributed by atoms with Gasteiger partial charge in [-0.05, 0) is 12.3 Å². The Morgan fingerprint density at radius 3 is 2.37 bits per heavy atom. The number of aromatic nitrogens is 4. The predicted molar refractivity (Wildman–Crippen MR) is 211 cm³/mol. The number of rotatable bonds is 26. The SMILES string of the molecule is CCCCCCC(C)C(O)C(=O)SCCNC(=O)CCNC(=O)[C@H](O)C(C)(C)COP(=O)(O)OP(=O)(O)OC[C@H]1O[C@@H](n2cnc3c(N)ncnc32)[C@H](O)[C@@H]1OP(=O)(O)O. The molecule has 0 aromatic carbocycles. The number of thioether (sulfide) groups is 1. The van der Waals surface area contributed by atoms with Gasteiger partial charge in [0, 0.05) is 30.7 Å². The minimum atomic E-state index is -5.58. The molecule has 11 N–H and O–H groups in total. The molecule has 1 aliphatic rings. The van der Waals surface area contributed by atoms with Crippen LogP contribution in [0.4, 0.5) is 5.82 Å². The first-order valence-corrected chi connectivity index (χ1v) is 24.1. The summed E-state index contributed by atoms with van der Waals surface area (Å²) in [6.07, 6.45) is -3.25. The van der Waals surface area contributed by atoms with Crippen LogP contribution in [0.1, 0.15) is 72.4 Å². The molecule has 0 saturated carbocycles. The van der Waals surface area contributed by atoms with E-state index in [2.05, 4.69) is 41.3 Å². The number of amides is 2. The molecule has 0 spiro atoms. The molecule has 3 rings (SSSR count). The number of anilines is 1. The number of nitrogens with two attached hydrogens (primary N) is 1. The van der Waals surface area contributed by atoms with Crippen LogP contribution >= 0.6 is 35.2 Å². The van der Waals surface area contributed by atoms with Gasteiger partial charge in [-0.2, -0.15) is 4.31 Å². The van der Waals surface area contributed by atoms with Crippen molar-refractivity contribution in [2.75, 3.05) is 37.8 Å². The van der Waals surface area contributed by atoms with Crippen molar-refractivity contribution in [2.45, 2.75) is 103 Å². The topological polar surface area (TPSA) is 384 Å². The Morgan fingerprint density at radius 1 is 1.02 bits per heavy atom. The summed E-state index contributed by atoms with van der Waals surface area (Å²) in [4.78, 5) is 88.1. The molecule has 25 nitrogen and oxygen atoms in total. The Hall–Kier alpha value is -2.48. The third-order valence-corrected chi connectivity index (χ3v) is 13.1. The predicted octanol–water partition coefficient (Wildman–Crippen LogP) is 0.632. The van der Waals surface area contributed by atoms with Gasteiger partial charge >= 0.3 is 23.5 Å².